The lowest BCUT2D eigenvalue weighted by atomic mass is 9.89. The van der Waals surface area contributed by atoms with Crippen molar-refractivity contribution in [2.75, 3.05) is 7.11 Å². The number of methoxy groups -OCH3 is 1. The third kappa shape index (κ3) is 2.04. The van der Waals surface area contributed by atoms with Gasteiger partial charge < -0.3 is 10.5 Å². The van der Waals surface area contributed by atoms with Gasteiger partial charge in [-0.25, -0.2) is 0 Å². The van der Waals surface area contributed by atoms with E-state index in [0.29, 0.717) is 0 Å². The monoisotopic (exact) mass is 269 g/mol. The second-order valence-corrected chi connectivity index (χ2v) is 5.12. The van der Waals surface area contributed by atoms with Crippen LogP contribution >= 0.6 is 15.9 Å². The molecular weight excluding hydrogens is 254 g/mol. The highest BCUT2D eigenvalue weighted by Gasteiger charge is 2.33. The lowest BCUT2D eigenvalue weighted by Crippen LogP contribution is -2.33. The van der Waals surface area contributed by atoms with Gasteiger partial charge in [-0.2, -0.15) is 0 Å². The molecule has 1 aliphatic carbocycles. The number of rotatable bonds is 2. The molecule has 3 heteroatoms. The van der Waals surface area contributed by atoms with Gasteiger partial charge in [0.2, 0.25) is 0 Å². The molecule has 0 bridgehead atoms. The number of halogens is 1. The minimum atomic E-state index is -0.175. The highest BCUT2D eigenvalue weighted by atomic mass is 79.9. The molecule has 15 heavy (non-hydrogen) atoms. The summed E-state index contributed by atoms with van der Waals surface area (Å²) in [6, 6.07) is 6.10. The van der Waals surface area contributed by atoms with Crippen molar-refractivity contribution in [2.24, 2.45) is 5.73 Å². The first-order valence-corrected chi connectivity index (χ1v) is 6.08. The van der Waals surface area contributed by atoms with Gasteiger partial charge in [0.1, 0.15) is 5.75 Å². The summed E-state index contributed by atoms with van der Waals surface area (Å²) in [5.74, 6) is 0.897. The molecule has 0 saturated heterocycles. The maximum Gasteiger partial charge on any atom is 0.125 e. The second kappa shape index (κ2) is 4.14. The Balaban J connectivity index is 2.42. The molecule has 1 saturated carbocycles. The van der Waals surface area contributed by atoms with Crippen LogP contribution < -0.4 is 10.5 Å². The molecule has 82 valence electrons. The molecule has 2 N–H and O–H groups in total. The number of hydrogen-bond donors (Lipinski definition) is 1. The van der Waals surface area contributed by atoms with Crippen LogP contribution in [0.5, 0.6) is 5.75 Å². The molecule has 0 spiro atoms. The van der Waals surface area contributed by atoms with Crippen LogP contribution in [0.2, 0.25) is 0 Å². The van der Waals surface area contributed by atoms with E-state index in [-0.39, 0.29) is 5.54 Å². The van der Waals surface area contributed by atoms with E-state index in [1.54, 1.807) is 7.11 Å². The zero-order valence-electron chi connectivity index (χ0n) is 8.92. The molecule has 1 aromatic carbocycles. The average Bonchev–Trinajstić information content (AvgIpc) is 2.66. The van der Waals surface area contributed by atoms with Crippen LogP contribution in [0.3, 0.4) is 0 Å². The topological polar surface area (TPSA) is 35.2 Å². The van der Waals surface area contributed by atoms with Crippen LogP contribution in [0.4, 0.5) is 0 Å². The predicted octanol–water partition coefficient (Wildman–Crippen LogP) is 3.19. The fourth-order valence-electron chi connectivity index (χ4n) is 2.35. The van der Waals surface area contributed by atoms with Crippen molar-refractivity contribution in [3.05, 3.63) is 28.2 Å². The van der Waals surface area contributed by atoms with E-state index < -0.39 is 0 Å². The van der Waals surface area contributed by atoms with Crippen molar-refractivity contribution in [3.8, 4) is 5.75 Å². The number of hydrogen-bond acceptors (Lipinski definition) is 2. The van der Waals surface area contributed by atoms with Gasteiger partial charge in [0.15, 0.2) is 0 Å². The quantitative estimate of drug-likeness (QED) is 0.895. The maximum absolute atomic E-state index is 6.41. The van der Waals surface area contributed by atoms with Crippen molar-refractivity contribution in [2.45, 2.75) is 31.2 Å². The van der Waals surface area contributed by atoms with Crippen molar-refractivity contribution in [3.63, 3.8) is 0 Å². The van der Waals surface area contributed by atoms with Gasteiger partial charge in [0, 0.05) is 15.6 Å². The first-order chi connectivity index (χ1) is 7.15. The first-order valence-electron chi connectivity index (χ1n) is 5.29. The predicted molar refractivity (Wildman–Crippen MR) is 65.0 cm³/mol. The summed E-state index contributed by atoms with van der Waals surface area (Å²) in [4.78, 5) is 0. The van der Waals surface area contributed by atoms with E-state index in [1.165, 1.54) is 12.8 Å². The minimum Gasteiger partial charge on any atom is -0.496 e. The molecular formula is C12H16BrNO. The Morgan fingerprint density at radius 1 is 1.33 bits per heavy atom. The highest BCUT2D eigenvalue weighted by molar-refractivity contribution is 9.10. The fourth-order valence-corrected chi connectivity index (χ4v) is 2.69. The van der Waals surface area contributed by atoms with Crippen LogP contribution in [0.15, 0.2) is 22.7 Å². The van der Waals surface area contributed by atoms with Gasteiger partial charge >= 0.3 is 0 Å². The van der Waals surface area contributed by atoms with Crippen LogP contribution in [0.1, 0.15) is 31.2 Å². The van der Waals surface area contributed by atoms with E-state index in [2.05, 4.69) is 22.0 Å². The summed E-state index contributed by atoms with van der Waals surface area (Å²) < 4.78 is 6.43. The molecule has 0 heterocycles. The second-order valence-electron chi connectivity index (χ2n) is 4.21. The molecule has 0 amide bonds. The van der Waals surface area contributed by atoms with Crippen molar-refractivity contribution in [1.82, 2.24) is 0 Å². The average molecular weight is 270 g/mol. The van der Waals surface area contributed by atoms with Crippen molar-refractivity contribution in [1.29, 1.82) is 0 Å². The Labute approximate surface area is 98.9 Å². The SMILES string of the molecule is COc1cc(Br)ccc1C1(N)CCCC1. The van der Waals surface area contributed by atoms with Gasteiger partial charge in [0.25, 0.3) is 0 Å². The van der Waals surface area contributed by atoms with Crippen LogP contribution in [-0.2, 0) is 5.54 Å². The molecule has 1 aliphatic rings. The minimum absolute atomic E-state index is 0.175. The largest absolute Gasteiger partial charge is 0.496 e. The molecule has 0 aliphatic heterocycles. The Kier molecular flexibility index (Phi) is 3.03. The van der Waals surface area contributed by atoms with Gasteiger partial charge in [-0.15, -0.1) is 0 Å². The Morgan fingerprint density at radius 3 is 2.60 bits per heavy atom. The molecule has 1 aromatic rings. The third-order valence-corrected chi connectivity index (χ3v) is 3.69. The fraction of sp³-hybridized carbons (Fsp3) is 0.500. The number of nitrogens with two attached hydrogens (primary N) is 1. The molecule has 2 nitrogen and oxygen atoms in total. The zero-order chi connectivity index (χ0) is 10.9. The molecule has 0 radical (unpaired) electrons. The Morgan fingerprint density at radius 2 is 2.00 bits per heavy atom. The lowest BCUT2D eigenvalue weighted by Gasteiger charge is -2.26. The van der Waals surface area contributed by atoms with E-state index in [9.17, 15) is 0 Å². The van der Waals surface area contributed by atoms with Gasteiger partial charge in [-0.3, -0.25) is 0 Å². The normalized spacial score (nSPS) is 19.1. The summed E-state index contributed by atoms with van der Waals surface area (Å²) in [5.41, 5.74) is 7.38. The molecule has 0 aromatic heterocycles. The zero-order valence-corrected chi connectivity index (χ0v) is 10.5. The summed E-state index contributed by atoms with van der Waals surface area (Å²) in [5, 5.41) is 0. The van der Waals surface area contributed by atoms with E-state index >= 15 is 0 Å². The van der Waals surface area contributed by atoms with E-state index in [4.69, 9.17) is 10.5 Å². The summed E-state index contributed by atoms with van der Waals surface area (Å²) in [6.07, 6.45) is 4.56. The van der Waals surface area contributed by atoms with E-state index in [1.807, 2.05) is 12.1 Å². The summed E-state index contributed by atoms with van der Waals surface area (Å²) in [7, 11) is 1.70. The third-order valence-electron chi connectivity index (χ3n) is 3.20. The van der Waals surface area contributed by atoms with Crippen molar-refractivity contribution < 1.29 is 4.74 Å². The Bertz CT molecular complexity index is 359. The van der Waals surface area contributed by atoms with Crippen LogP contribution in [-0.4, -0.2) is 7.11 Å². The van der Waals surface area contributed by atoms with E-state index in [0.717, 1.165) is 28.6 Å². The smallest absolute Gasteiger partial charge is 0.125 e. The molecule has 1 fully saturated rings. The van der Waals surface area contributed by atoms with Crippen molar-refractivity contribution >= 4 is 15.9 Å². The maximum atomic E-state index is 6.41. The summed E-state index contributed by atoms with van der Waals surface area (Å²) >= 11 is 3.44. The molecule has 0 atom stereocenters. The van der Waals surface area contributed by atoms with Crippen LogP contribution in [0.25, 0.3) is 0 Å². The first kappa shape index (κ1) is 11.0. The number of benzene rings is 1. The molecule has 2 rings (SSSR count). The Hall–Kier alpha value is -0.540. The molecule has 0 unspecified atom stereocenters. The standard InChI is InChI=1S/C12H16BrNO/c1-15-11-8-9(13)4-5-10(11)12(14)6-2-3-7-12/h4-5,8H,2-3,6-7,14H2,1H3. The number of ether oxygens (including phenoxy) is 1. The van der Waals surface area contributed by atoms with Crippen LogP contribution in [0, 0.1) is 0 Å². The summed E-state index contributed by atoms with van der Waals surface area (Å²) in [6.45, 7) is 0. The highest BCUT2D eigenvalue weighted by Crippen LogP contribution is 2.41. The van der Waals surface area contributed by atoms with Gasteiger partial charge in [0.05, 0.1) is 7.11 Å². The van der Waals surface area contributed by atoms with Gasteiger partial charge in [-0.05, 0) is 25.0 Å². The lowest BCUT2D eigenvalue weighted by molar-refractivity contribution is 0.379. The van der Waals surface area contributed by atoms with Gasteiger partial charge in [-0.1, -0.05) is 34.8 Å².